The number of aromatic nitrogens is 4. The maximum atomic E-state index is 4.98. The van der Waals surface area contributed by atoms with E-state index in [4.69, 9.17) is 15.0 Å². The van der Waals surface area contributed by atoms with Crippen LogP contribution in [0, 0.1) is 0 Å². The van der Waals surface area contributed by atoms with Gasteiger partial charge in [-0.05, 0) is 71.0 Å². The zero-order chi connectivity index (χ0) is 35.5. The van der Waals surface area contributed by atoms with E-state index >= 15 is 0 Å². The second-order valence-corrected chi connectivity index (χ2v) is 18.5. The van der Waals surface area contributed by atoms with Crippen LogP contribution in [-0.4, -0.2) is 27.6 Å². The van der Waals surface area contributed by atoms with E-state index in [-0.39, 0.29) is 0 Å². The van der Waals surface area contributed by atoms with E-state index in [1.807, 2.05) is 60.7 Å². The van der Waals surface area contributed by atoms with Crippen molar-refractivity contribution in [1.29, 1.82) is 0 Å². The van der Waals surface area contributed by atoms with Gasteiger partial charge in [0, 0.05) is 50.2 Å². The first-order valence-electron chi connectivity index (χ1n) is 18.0. The first kappa shape index (κ1) is 31.1. The van der Waals surface area contributed by atoms with E-state index in [0.29, 0.717) is 17.5 Å². The Labute approximate surface area is 309 Å². The van der Waals surface area contributed by atoms with Crippen LogP contribution in [0.25, 0.3) is 61.7 Å². The number of nitrogens with zero attached hydrogens (tertiary/aromatic N) is 5. The number of hydrogen-bond acceptors (Lipinski definition) is 4. The average Bonchev–Trinajstić information content (AvgIpc) is 3.55. The van der Waals surface area contributed by atoms with Crippen LogP contribution in [0.15, 0.2) is 176 Å². The molecule has 0 atom stereocenters. The minimum Gasteiger partial charge on any atom is -0.311 e. The molecule has 7 aromatic carbocycles. The molecule has 1 aliphatic rings. The summed E-state index contributed by atoms with van der Waals surface area (Å²) >= 11 is 0. The van der Waals surface area contributed by atoms with E-state index in [0.717, 1.165) is 22.4 Å². The normalized spacial score (nSPS) is 13.2. The SMILES string of the molecule is C[Si]1(C)c2ccccc2N(c2ccccc2)c2cc3c4ccccc4n(-c4ccc(-c5nc(-c6ccccc6)nc(-c6ccccc6)n5)cc4)c3cc21. The van der Waals surface area contributed by atoms with E-state index < -0.39 is 8.07 Å². The fraction of sp³-hybridized carbons (Fsp3) is 0.0426. The summed E-state index contributed by atoms with van der Waals surface area (Å²) in [5.74, 6) is 1.96. The van der Waals surface area contributed by atoms with Crippen molar-refractivity contribution in [3.05, 3.63) is 176 Å². The smallest absolute Gasteiger partial charge is 0.164 e. The Morgan fingerprint density at radius 2 is 0.925 bits per heavy atom. The fourth-order valence-corrected chi connectivity index (χ4v) is 11.0. The number of anilines is 3. The number of fused-ring (bicyclic) bond motifs is 5. The molecule has 3 heterocycles. The molecule has 1 aliphatic heterocycles. The van der Waals surface area contributed by atoms with Crippen LogP contribution in [0.1, 0.15) is 0 Å². The largest absolute Gasteiger partial charge is 0.311 e. The summed E-state index contributed by atoms with van der Waals surface area (Å²) in [6.45, 7) is 4.98. The monoisotopic (exact) mass is 697 g/mol. The predicted molar refractivity (Wildman–Crippen MR) is 222 cm³/mol. The van der Waals surface area contributed by atoms with E-state index in [9.17, 15) is 0 Å². The predicted octanol–water partition coefficient (Wildman–Crippen LogP) is 10.6. The fourth-order valence-electron chi connectivity index (χ4n) is 7.99. The number of hydrogen-bond donors (Lipinski definition) is 0. The summed E-state index contributed by atoms with van der Waals surface area (Å²) in [5, 5.41) is 5.36. The third-order valence-corrected chi connectivity index (χ3v) is 14.1. The molecular formula is C47H35N5Si. The molecule has 9 aromatic rings. The molecule has 6 heteroatoms. The highest BCUT2D eigenvalue weighted by Gasteiger charge is 2.39. The Morgan fingerprint density at radius 3 is 1.57 bits per heavy atom. The summed E-state index contributed by atoms with van der Waals surface area (Å²) < 4.78 is 2.42. The van der Waals surface area contributed by atoms with Crippen molar-refractivity contribution in [3.8, 4) is 39.9 Å². The van der Waals surface area contributed by atoms with Crippen LogP contribution < -0.4 is 15.3 Å². The molecule has 53 heavy (non-hydrogen) atoms. The average molecular weight is 698 g/mol. The van der Waals surface area contributed by atoms with Crippen molar-refractivity contribution >= 4 is 57.3 Å². The Morgan fingerprint density at radius 1 is 0.396 bits per heavy atom. The van der Waals surface area contributed by atoms with Gasteiger partial charge in [0.1, 0.15) is 8.07 Å². The van der Waals surface area contributed by atoms with Gasteiger partial charge in [-0.15, -0.1) is 0 Å². The van der Waals surface area contributed by atoms with E-state index in [1.165, 1.54) is 49.2 Å². The standard InChI is InChI=1S/C47H35N5Si/c1-53(2)43-25-15-14-24-40(43)52(35-20-10-5-11-21-35)42-30-38-37-22-12-13-23-39(37)51(41(38)31-44(42)53)36-28-26-34(27-29-36)47-49-45(32-16-6-3-7-17-32)48-46(50-47)33-18-8-4-9-19-33/h3-31H,1-2H3. The second kappa shape index (κ2) is 12.3. The third kappa shape index (κ3) is 5.10. The van der Waals surface area contributed by atoms with Gasteiger partial charge in [-0.25, -0.2) is 15.0 Å². The van der Waals surface area contributed by atoms with Gasteiger partial charge in [0.15, 0.2) is 17.5 Å². The second-order valence-electron chi connectivity index (χ2n) is 14.1. The molecule has 0 aliphatic carbocycles. The Balaban J connectivity index is 1.15. The van der Waals surface area contributed by atoms with Gasteiger partial charge in [-0.3, -0.25) is 0 Å². The molecule has 0 unspecified atom stereocenters. The number of rotatable bonds is 5. The highest BCUT2D eigenvalue weighted by molar-refractivity contribution is 7.02. The maximum Gasteiger partial charge on any atom is 0.164 e. The van der Waals surface area contributed by atoms with Crippen LogP contribution >= 0.6 is 0 Å². The van der Waals surface area contributed by atoms with Crippen molar-refractivity contribution in [2.75, 3.05) is 4.90 Å². The van der Waals surface area contributed by atoms with Crippen LogP contribution in [-0.2, 0) is 0 Å². The Hall–Kier alpha value is -6.63. The van der Waals surface area contributed by atoms with Gasteiger partial charge in [-0.1, -0.05) is 128 Å². The molecule has 252 valence electrons. The summed E-state index contributed by atoms with van der Waals surface area (Å²) in [6.07, 6.45) is 0. The molecule has 0 fully saturated rings. The first-order valence-corrected chi connectivity index (χ1v) is 21.0. The molecule has 0 saturated carbocycles. The van der Waals surface area contributed by atoms with Crippen molar-refractivity contribution in [2.45, 2.75) is 13.1 Å². The third-order valence-electron chi connectivity index (χ3n) is 10.6. The summed E-state index contributed by atoms with van der Waals surface area (Å²) in [4.78, 5) is 17.3. The molecule has 0 radical (unpaired) electrons. The van der Waals surface area contributed by atoms with Crippen LogP contribution in [0.5, 0.6) is 0 Å². The first-order chi connectivity index (χ1) is 26.0. The summed E-state index contributed by atoms with van der Waals surface area (Å²) in [7, 11) is -2.09. The van der Waals surface area contributed by atoms with Gasteiger partial charge in [0.2, 0.25) is 0 Å². The molecule has 0 N–H and O–H groups in total. The lowest BCUT2D eigenvalue weighted by Gasteiger charge is -2.41. The zero-order valence-electron chi connectivity index (χ0n) is 29.5. The molecule has 0 saturated heterocycles. The quantitative estimate of drug-likeness (QED) is 0.168. The lowest BCUT2D eigenvalue weighted by atomic mass is 10.1. The van der Waals surface area contributed by atoms with Gasteiger partial charge in [0.05, 0.1) is 11.0 Å². The van der Waals surface area contributed by atoms with Crippen LogP contribution in [0.2, 0.25) is 13.1 Å². The van der Waals surface area contributed by atoms with E-state index in [1.54, 1.807) is 0 Å². The maximum absolute atomic E-state index is 4.98. The Kier molecular flexibility index (Phi) is 7.20. The molecular weight excluding hydrogens is 663 g/mol. The molecule has 0 bridgehead atoms. The number of benzene rings is 7. The van der Waals surface area contributed by atoms with Crippen molar-refractivity contribution < 1.29 is 0 Å². The summed E-state index contributed by atoms with van der Waals surface area (Å²) in [6, 6.07) is 62.4. The molecule has 5 nitrogen and oxygen atoms in total. The molecule has 2 aromatic heterocycles. The van der Waals surface area contributed by atoms with Crippen molar-refractivity contribution in [1.82, 2.24) is 19.5 Å². The van der Waals surface area contributed by atoms with Crippen molar-refractivity contribution in [3.63, 3.8) is 0 Å². The summed E-state index contributed by atoms with van der Waals surface area (Å²) in [5.41, 5.74) is 10.1. The van der Waals surface area contributed by atoms with Gasteiger partial charge in [0.25, 0.3) is 0 Å². The lowest BCUT2D eigenvalue weighted by Crippen LogP contribution is -2.58. The Bertz CT molecular complexity index is 2740. The molecule has 0 spiro atoms. The number of para-hydroxylation sites is 3. The van der Waals surface area contributed by atoms with Gasteiger partial charge in [-0.2, -0.15) is 0 Å². The highest BCUT2D eigenvalue weighted by Crippen LogP contribution is 2.42. The van der Waals surface area contributed by atoms with Crippen LogP contribution in [0.4, 0.5) is 17.1 Å². The van der Waals surface area contributed by atoms with Crippen LogP contribution in [0.3, 0.4) is 0 Å². The molecule has 10 rings (SSSR count). The topological polar surface area (TPSA) is 46.8 Å². The van der Waals surface area contributed by atoms with Crippen molar-refractivity contribution in [2.24, 2.45) is 0 Å². The highest BCUT2D eigenvalue weighted by atomic mass is 28.3. The van der Waals surface area contributed by atoms with Gasteiger partial charge >= 0.3 is 0 Å². The minimum absolute atomic E-state index is 0.646. The lowest BCUT2D eigenvalue weighted by molar-refractivity contribution is 1.07. The minimum atomic E-state index is -2.09. The molecule has 0 amide bonds. The zero-order valence-corrected chi connectivity index (χ0v) is 30.5. The van der Waals surface area contributed by atoms with Gasteiger partial charge < -0.3 is 9.47 Å². The van der Waals surface area contributed by atoms with E-state index in [2.05, 4.69) is 138 Å².